The minimum Gasteiger partial charge on any atom is -0.353 e. The van der Waals surface area contributed by atoms with E-state index in [1.807, 2.05) is 18.3 Å². The lowest BCUT2D eigenvalue weighted by Crippen LogP contribution is -2.48. The Bertz CT molecular complexity index is 537. The Kier molecular flexibility index (Phi) is 3.64. The van der Waals surface area contributed by atoms with Gasteiger partial charge in [0.15, 0.2) is 0 Å². The number of pyridine rings is 1. The number of rotatable bonds is 3. The first-order chi connectivity index (χ1) is 10.3. The van der Waals surface area contributed by atoms with Crippen LogP contribution in [-0.4, -0.2) is 42.6 Å². The van der Waals surface area contributed by atoms with Gasteiger partial charge in [0.25, 0.3) is 0 Å². The van der Waals surface area contributed by atoms with E-state index in [-0.39, 0.29) is 0 Å². The van der Waals surface area contributed by atoms with Gasteiger partial charge < -0.3 is 4.90 Å². The molecule has 1 aliphatic heterocycles. The molecule has 0 aromatic carbocycles. The number of anilines is 1. The van der Waals surface area contributed by atoms with Gasteiger partial charge in [0.1, 0.15) is 5.82 Å². The second kappa shape index (κ2) is 5.62. The van der Waals surface area contributed by atoms with E-state index in [4.69, 9.17) is 11.6 Å². The van der Waals surface area contributed by atoms with Crippen molar-refractivity contribution in [2.45, 2.75) is 12.8 Å². The summed E-state index contributed by atoms with van der Waals surface area (Å²) in [4.78, 5) is 9.38. The lowest BCUT2D eigenvalue weighted by Gasteiger charge is -2.37. The zero-order valence-electron chi connectivity index (χ0n) is 12.3. The molecule has 4 rings (SSSR count). The third-order valence-electron chi connectivity index (χ3n) is 5.32. The van der Waals surface area contributed by atoms with Crippen LogP contribution in [0.3, 0.4) is 0 Å². The number of nitrogens with zero attached hydrogens (tertiary/aromatic N) is 3. The van der Waals surface area contributed by atoms with Crippen LogP contribution in [0, 0.1) is 17.8 Å². The molecule has 0 radical (unpaired) electrons. The quantitative estimate of drug-likeness (QED) is 0.800. The predicted molar refractivity (Wildman–Crippen MR) is 86.7 cm³/mol. The van der Waals surface area contributed by atoms with Crippen molar-refractivity contribution in [3.05, 3.63) is 35.5 Å². The molecule has 2 bridgehead atoms. The first-order valence-corrected chi connectivity index (χ1v) is 8.43. The molecule has 3 atom stereocenters. The highest BCUT2D eigenvalue weighted by Crippen LogP contribution is 2.43. The summed E-state index contributed by atoms with van der Waals surface area (Å²) in [6.45, 7) is 5.60. The number of hydrogen-bond acceptors (Lipinski definition) is 3. The summed E-state index contributed by atoms with van der Waals surface area (Å²) < 4.78 is 0. The second-order valence-corrected chi connectivity index (χ2v) is 7.04. The van der Waals surface area contributed by atoms with Crippen molar-refractivity contribution in [2.75, 3.05) is 37.6 Å². The van der Waals surface area contributed by atoms with Gasteiger partial charge in [-0.1, -0.05) is 23.8 Å². The van der Waals surface area contributed by atoms with E-state index in [2.05, 4.69) is 26.9 Å². The van der Waals surface area contributed by atoms with Crippen molar-refractivity contribution in [3.63, 3.8) is 0 Å². The van der Waals surface area contributed by atoms with Crippen molar-refractivity contribution in [2.24, 2.45) is 17.8 Å². The minimum atomic E-state index is 0.768. The number of allylic oxidation sites excluding steroid dienone is 2. The molecule has 21 heavy (non-hydrogen) atoms. The molecular weight excluding hydrogens is 282 g/mol. The highest BCUT2D eigenvalue weighted by atomic mass is 35.5. The minimum absolute atomic E-state index is 0.768. The van der Waals surface area contributed by atoms with Crippen molar-refractivity contribution >= 4 is 17.4 Å². The Morgan fingerprint density at radius 3 is 2.67 bits per heavy atom. The average Bonchev–Trinajstić information content (AvgIpc) is 3.11. The monoisotopic (exact) mass is 303 g/mol. The van der Waals surface area contributed by atoms with Crippen LogP contribution in [-0.2, 0) is 0 Å². The molecule has 2 heterocycles. The van der Waals surface area contributed by atoms with Crippen LogP contribution in [0.5, 0.6) is 0 Å². The highest BCUT2D eigenvalue weighted by Gasteiger charge is 2.36. The number of aromatic nitrogens is 1. The average molecular weight is 304 g/mol. The first-order valence-electron chi connectivity index (χ1n) is 8.06. The maximum atomic E-state index is 6.25. The summed E-state index contributed by atoms with van der Waals surface area (Å²) in [6.07, 6.45) is 9.54. The van der Waals surface area contributed by atoms with Crippen molar-refractivity contribution in [3.8, 4) is 0 Å². The molecule has 0 spiro atoms. The smallest absolute Gasteiger partial charge is 0.147 e. The van der Waals surface area contributed by atoms with Gasteiger partial charge >= 0.3 is 0 Å². The standard InChI is InChI=1S/C17H22ClN3/c18-16-2-1-5-19-17(16)21-8-6-20(7-9-21)12-15-11-13-3-4-14(15)10-13/h1-5,13-15H,6-12H2. The molecule has 0 N–H and O–H groups in total. The molecule has 112 valence electrons. The van der Waals surface area contributed by atoms with Gasteiger partial charge in [0.05, 0.1) is 5.02 Å². The van der Waals surface area contributed by atoms with Crippen LogP contribution < -0.4 is 4.90 Å². The molecule has 1 aromatic heterocycles. The number of piperazine rings is 1. The molecule has 3 aliphatic rings. The normalized spacial score (nSPS) is 32.0. The lowest BCUT2D eigenvalue weighted by molar-refractivity contribution is 0.204. The van der Waals surface area contributed by atoms with E-state index in [0.717, 1.165) is 54.8 Å². The van der Waals surface area contributed by atoms with Gasteiger partial charge in [-0.2, -0.15) is 0 Å². The van der Waals surface area contributed by atoms with E-state index >= 15 is 0 Å². The van der Waals surface area contributed by atoms with Crippen molar-refractivity contribution in [1.29, 1.82) is 0 Å². The number of fused-ring (bicyclic) bond motifs is 2. The predicted octanol–water partition coefficient (Wildman–Crippen LogP) is 3.07. The summed E-state index contributed by atoms with van der Waals surface area (Å²) >= 11 is 6.25. The summed E-state index contributed by atoms with van der Waals surface area (Å²) in [6, 6.07) is 3.82. The molecular formula is C17H22ClN3. The summed E-state index contributed by atoms with van der Waals surface area (Å²) in [5, 5.41) is 0.768. The molecule has 1 saturated heterocycles. The lowest BCUT2D eigenvalue weighted by atomic mass is 9.93. The van der Waals surface area contributed by atoms with E-state index in [9.17, 15) is 0 Å². The molecule has 4 heteroatoms. The maximum Gasteiger partial charge on any atom is 0.147 e. The van der Waals surface area contributed by atoms with Gasteiger partial charge in [-0.3, -0.25) is 4.90 Å². The zero-order valence-corrected chi connectivity index (χ0v) is 13.0. The highest BCUT2D eigenvalue weighted by molar-refractivity contribution is 6.32. The van der Waals surface area contributed by atoms with Gasteiger partial charge in [-0.25, -0.2) is 4.98 Å². The fourth-order valence-electron chi connectivity index (χ4n) is 4.19. The van der Waals surface area contributed by atoms with Crippen molar-refractivity contribution < 1.29 is 0 Å². The van der Waals surface area contributed by atoms with Gasteiger partial charge in [0, 0.05) is 38.9 Å². The number of halogens is 1. The third kappa shape index (κ3) is 2.69. The summed E-state index contributed by atoms with van der Waals surface area (Å²) in [5.41, 5.74) is 0. The SMILES string of the molecule is Clc1cccnc1N1CCN(CC2CC3C=CC2C3)CC1. The Morgan fingerprint density at radius 2 is 2.00 bits per heavy atom. The Hall–Kier alpha value is -1.06. The van der Waals surface area contributed by atoms with Crippen LogP contribution in [0.1, 0.15) is 12.8 Å². The first kappa shape index (κ1) is 13.6. The van der Waals surface area contributed by atoms with Crippen molar-refractivity contribution in [1.82, 2.24) is 9.88 Å². The van der Waals surface area contributed by atoms with E-state index in [1.165, 1.54) is 19.4 Å². The Labute approximate surface area is 131 Å². The van der Waals surface area contributed by atoms with Gasteiger partial charge in [0.2, 0.25) is 0 Å². The fourth-order valence-corrected chi connectivity index (χ4v) is 4.43. The summed E-state index contributed by atoms with van der Waals surface area (Å²) in [7, 11) is 0. The van der Waals surface area contributed by atoms with Gasteiger partial charge in [-0.05, 0) is 42.7 Å². The van der Waals surface area contributed by atoms with E-state index in [1.54, 1.807) is 0 Å². The fraction of sp³-hybridized carbons (Fsp3) is 0.588. The van der Waals surface area contributed by atoms with Gasteiger partial charge in [-0.15, -0.1) is 0 Å². The summed E-state index contributed by atoms with van der Waals surface area (Å²) in [5.74, 6) is 3.58. The Balaban J connectivity index is 1.33. The van der Waals surface area contributed by atoms with Crippen LogP contribution in [0.15, 0.2) is 30.5 Å². The third-order valence-corrected chi connectivity index (χ3v) is 5.61. The topological polar surface area (TPSA) is 19.4 Å². The molecule has 3 nitrogen and oxygen atoms in total. The molecule has 3 unspecified atom stereocenters. The van der Waals surface area contributed by atoms with Crippen LogP contribution >= 0.6 is 11.6 Å². The molecule has 2 aliphatic carbocycles. The van der Waals surface area contributed by atoms with E-state index < -0.39 is 0 Å². The maximum absolute atomic E-state index is 6.25. The van der Waals surface area contributed by atoms with Crippen LogP contribution in [0.25, 0.3) is 0 Å². The number of hydrogen-bond donors (Lipinski definition) is 0. The van der Waals surface area contributed by atoms with Crippen LogP contribution in [0.2, 0.25) is 5.02 Å². The molecule has 1 saturated carbocycles. The largest absolute Gasteiger partial charge is 0.353 e. The molecule has 0 amide bonds. The molecule has 2 fully saturated rings. The Morgan fingerprint density at radius 1 is 1.14 bits per heavy atom. The van der Waals surface area contributed by atoms with E-state index in [0.29, 0.717) is 0 Å². The zero-order chi connectivity index (χ0) is 14.2. The second-order valence-electron chi connectivity index (χ2n) is 6.64. The van der Waals surface area contributed by atoms with Crippen LogP contribution in [0.4, 0.5) is 5.82 Å². The molecule has 1 aromatic rings.